The van der Waals surface area contributed by atoms with Gasteiger partial charge in [0, 0.05) is 25.8 Å². The molecular weight excluding hydrogens is 273 g/mol. The first kappa shape index (κ1) is 14.8. The molecule has 1 N–H and O–H groups in total. The Labute approximate surface area is 114 Å². The number of likely N-dealkylation sites (N-methyl/N-ethyl adjacent to an activating group) is 1. The normalized spacial score (nSPS) is 24.6. The first-order valence-corrected chi connectivity index (χ1v) is 6.33. The second kappa shape index (κ2) is 5.43. The van der Waals surface area contributed by atoms with Gasteiger partial charge < -0.3 is 9.88 Å². The van der Waals surface area contributed by atoms with E-state index in [4.69, 9.17) is 0 Å². The highest BCUT2D eigenvalue weighted by molar-refractivity contribution is 5.92. The summed E-state index contributed by atoms with van der Waals surface area (Å²) in [5, 5.41) is 2.73. The summed E-state index contributed by atoms with van der Waals surface area (Å²) in [4.78, 5) is 17.0. The minimum atomic E-state index is -4.22. The molecule has 0 spiro atoms. The molecule has 1 aliphatic heterocycles. The van der Waals surface area contributed by atoms with Gasteiger partial charge in [0.15, 0.2) is 0 Å². The highest BCUT2D eigenvalue weighted by Crippen LogP contribution is 2.30. The molecule has 0 aliphatic carbocycles. The Morgan fingerprint density at radius 3 is 2.60 bits per heavy atom. The number of aryl methyl sites for hydroxylation is 1. The topological polar surface area (TPSA) is 50.2 Å². The van der Waals surface area contributed by atoms with Crippen molar-refractivity contribution in [2.75, 3.05) is 13.6 Å². The van der Waals surface area contributed by atoms with Crippen LogP contribution in [-0.2, 0) is 7.05 Å². The van der Waals surface area contributed by atoms with Crippen LogP contribution in [0.1, 0.15) is 23.3 Å². The first-order valence-electron chi connectivity index (χ1n) is 6.33. The van der Waals surface area contributed by atoms with Crippen LogP contribution in [0.25, 0.3) is 0 Å². The van der Waals surface area contributed by atoms with E-state index in [2.05, 4.69) is 10.3 Å². The number of carbonyl (C=O) groups excluding carboxylic acids is 1. The van der Waals surface area contributed by atoms with Crippen LogP contribution in [0.3, 0.4) is 0 Å². The zero-order valence-electron chi connectivity index (χ0n) is 11.3. The standard InChI is InChI=1S/C12H17F3N4O/c1-18-6-9(16-7-18)11(20)17-8-3-4-10(12(13,14)15)19(2)5-8/h6-8,10H,3-5H2,1-2H3,(H,17,20)/t8-,10-/m1/s1. The Bertz CT molecular complexity index is 485. The van der Waals surface area contributed by atoms with Crippen LogP contribution in [0.4, 0.5) is 13.2 Å². The maximum absolute atomic E-state index is 12.7. The molecule has 1 amide bonds. The van der Waals surface area contributed by atoms with E-state index in [9.17, 15) is 18.0 Å². The predicted molar refractivity (Wildman–Crippen MR) is 66.2 cm³/mol. The van der Waals surface area contributed by atoms with Gasteiger partial charge in [0.1, 0.15) is 11.7 Å². The zero-order valence-corrected chi connectivity index (χ0v) is 11.3. The molecule has 5 nitrogen and oxygen atoms in total. The largest absolute Gasteiger partial charge is 0.404 e. The lowest BCUT2D eigenvalue weighted by Crippen LogP contribution is -2.54. The highest BCUT2D eigenvalue weighted by atomic mass is 19.4. The molecule has 1 saturated heterocycles. The SMILES string of the molecule is CN1C[C@H](NC(=O)c2cn(C)cn2)CC[C@@H]1C(F)(F)F. The summed E-state index contributed by atoms with van der Waals surface area (Å²) in [5.74, 6) is -0.352. The number of hydrogen-bond donors (Lipinski definition) is 1. The molecule has 2 atom stereocenters. The fraction of sp³-hybridized carbons (Fsp3) is 0.667. The number of aromatic nitrogens is 2. The maximum atomic E-state index is 12.7. The Hall–Kier alpha value is -1.57. The zero-order chi connectivity index (χ0) is 14.9. The van der Waals surface area contributed by atoms with Crippen LogP contribution in [0.2, 0.25) is 0 Å². The molecule has 0 radical (unpaired) electrons. The molecule has 2 rings (SSSR count). The Morgan fingerprint density at radius 2 is 2.10 bits per heavy atom. The van der Waals surface area contributed by atoms with E-state index in [1.54, 1.807) is 17.8 Å². The van der Waals surface area contributed by atoms with Gasteiger partial charge in [-0.3, -0.25) is 9.69 Å². The van der Waals surface area contributed by atoms with Crippen LogP contribution in [0.15, 0.2) is 12.5 Å². The number of imidazole rings is 1. The number of likely N-dealkylation sites (tertiary alicyclic amines) is 1. The molecule has 0 saturated carbocycles. The van der Waals surface area contributed by atoms with Crippen LogP contribution in [-0.4, -0.2) is 52.2 Å². The van der Waals surface area contributed by atoms with Gasteiger partial charge in [-0.05, 0) is 19.9 Å². The molecular formula is C12H17F3N4O. The third-order valence-electron chi connectivity index (χ3n) is 3.48. The van der Waals surface area contributed by atoms with Gasteiger partial charge in [-0.15, -0.1) is 0 Å². The summed E-state index contributed by atoms with van der Waals surface area (Å²) in [6, 6.07) is -1.71. The second-order valence-corrected chi connectivity index (χ2v) is 5.17. The van der Waals surface area contributed by atoms with E-state index in [-0.39, 0.29) is 30.6 Å². The van der Waals surface area contributed by atoms with E-state index in [0.717, 1.165) is 0 Å². The van der Waals surface area contributed by atoms with Gasteiger partial charge in [0.05, 0.1) is 6.33 Å². The number of piperidine rings is 1. The van der Waals surface area contributed by atoms with Crippen LogP contribution in [0.5, 0.6) is 0 Å². The lowest BCUT2D eigenvalue weighted by atomic mass is 9.98. The van der Waals surface area contributed by atoms with E-state index in [1.165, 1.54) is 18.3 Å². The van der Waals surface area contributed by atoms with Gasteiger partial charge in [0.25, 0.3) is 5.91 Å². The monoisotopic (exact) mass is 290 g/mol. The molecule has 1 aliphatic rings. The average Bonchev–Trinajstić information content (AvgIpc) is 2.74. The van der Waals surface area contributed by atoms with Crippen molar-refractivity contribution >= 4 is 5.91 Å². The molecule has 20 heavy (non-hydrogen) atoms. The minimum absolute atomic E-state index is 0.00678. The summed E-state index contributed by atoms with van der Waals surface area (Å²) in [5.41, 5.74) is 0.271. The molecule has 0 unspecified atom stereocenters. The maximum Gasteiger partial charge on any atom is 0.404 e. The Balaban J connectivity index is 1.92. The lowest BCUT2D eigenvalue weighted by molar-refractivity contribution is -0.188. The molecule has 0 aromatic carbocycles. The summed E-state index contributed by atoms with van der Waals surface area (Å²) in [6.07, 6.45) is -0.840. The summed E-state index contributed by atoms with van der Waals surface area (Å²) in [7, 11) is 3.17. The van der Waals surface area contributed by atoms with Crippen LogP contribution >= 0.6 is 0 Å². The van der Waals surface area contributed by atoms with E-state index >= 15 is 0 Å². The number of carbonyl (C=O) groups is 1. The average molecular weight is 290 g/mol. The van der Waals surface area contributed by atoms with Crippen LogP contribution < -0.4 is 5.32 Å². The van der Waals surface area contributed by atoms with Crippen molar-refractivity contribution in [1.82, 2.24) is 19.8 Å². The predicted octanol–water partition coefficient (Wildman–Crippen LogP) is 1.17. The molecule has 8 heteroatoms. The summed E-state index contributed by atoms with van der Waals surface area (Å²) < 4.78 is 39.8. The lowest BCUT2D eigenvalue weighted by Gasteiger charge is -2.38. The third-order valence-corrected chi connectivity index (χ3v) is 3.48. The highest BCUT2D eigenvalue weighted by Gasteiger charge is 2.44. The third kappa shape index (κ3) is 3.30. The number of amides is 1. The van der Waals surface area contributed by atoms with E-state index < -0.39 is 12.2 Å². The van der Waals surface area contributed by atoms with Crippen molar-refractivity contribution in [2.24, 2.45) is 7.05 Å². The smallest absolute Gasteiger partial charge is 0.347 e. The number of alkyl halides is 3. The van der Waals surface area contributed by atoms with E-state index in [1.807, 2.05) is 0 Å². The van der Waals surface area contributed by atoms with Gasteiger partial charge in [0.2, 0.25) is 0 Å². The fourth-order valence-corrected chi connectivity index (χ4v) is 2.47. The van der Waals surface area contributed by atoms with Gasteiger partial charge in [-0.2, -0.15) is 13.2 Å². The minimum Gasteiger partial charge on any atom is -0.347 e. The second-order valence-electron chi connectivity index (χ2n) is 5.17. The number of nitrogens with one attached hydrogen (secondary N) is 1. The van der Waals surface area contributed by atoms with Gasteiger partial charge in [-0.25, -0.2) is 4.98 Å². The molecule has 2 heterocycles. The Morgan fingerprint density at radius 1 is 1.40 bits per heavy atom. The fourth-order valence-electron chi connectivity index (χ4n) is 2.47. The first-order chi connectivity index (χ1) is 9.27. The summed E-state index contributed by atoms with van der Waals surface area (Å²) in [6.45, 7) is 0.183. The number of halogens is 3. The summed E-state index contributed by atoms with van der Waals surface area (Å²) >= 11 is 0. The van der Waals surface area contributed by atoms with Crippen molar-refractivity contribution in [3.8, 4) is 0 Å². The number of rotatable bonds is 2. The quantitative estimate of drug-likeness (QED) is 0.889. The molecule has 112 valence electrons. The molecule has 1 aromatic rings. The number of hydrogen-bond acceptors (Lipinski definition) is 3. The van der Waals surface area contributed by atoms with Crippen molar-refractivity contribution < 1.29 is 18.0 Å². The van der Waals surface area contributed by atoms with Crippen molar-refractivity contribution in [1.29, 1.82) is 0 Å². The van der Waals surface area contributed by atoms with Gasteiger partial charge >= 0.3 is 6.18 Å². The Kier molecular flexibility index (Phi) is 4.03. The van der Waals surface area contributed by atoms with Crippen molar-refractivity contribution in [3.63, 3.8) is 0 Å². The van der Waals surface area contributed by atoms with E-state index in [0.29, 0.717) is 6.42 Å². The molecule has 1 aromatic heterocycles. The molecule has 0 bridgehead atoms. The van der Waals surface area contributed by atoms with Gasteiger partial charge in [-0.1, -0.05) is 0 Å². The van der Waals surface area contributed by atoms with Crippen molar-refractivity contribution in [3.05, 3.63) is 18.2 Å². The van der Waals surface area contributed by atoms with Crippen LogP contribution in [0, 0.1) is 0 Å². The van der Waals surface area contributed by atoms with Crippen molar-refractivity contribution in [2.45, 2.75) is 31.1 Å². The molecule has 1 fully saturated rings. The number of nitrogens with zero attached hydrogens (tertiary/aromatic N) is 3.